The summed E-state index contributed by atoms with van der Waals surface area (Å²) in [6, 6.07) is 2.22. The van der Waals surface area contributed by atoms with E-state index in [0.717, 1.165) is 5.82 Å². The highest BCUT2D eigenvalue weighted by Gasteiger charge is 2.27. The minimum absolute atomic E-state index is 0.347. The molecule has 1 fully saturated rings. The molecule has 5 nitrogen and oxygen atoms in total. The van der Waals surface area contributed by atoms with Crippen LogP contribution in [0.4, 0.5) is 11.5 Å². The largest absolute Gasteiger partial charge is 0.465 e. The number of carbonyl (C=O) groups is 1. The summed E-state index contributed by atoms with van der Waals surface area (Å²) in [6.07, 6.45) is 3.85. The Bertz CT molecular complexity index is 416. The average Bonchev–Trinajstić information content (AvgIpc) is 3.11. The zero-order valence-corrected chi connectivity index (χ0v) is 9.43. The van der Waals surface area contributed by atoms with E-state index >= 15 is 0 Å². The van der Waals surface area contributed by atoms with Gasteiger partial charge in [0.05, 0.1) is 24.6 Å². The first-order valence-electron chi connectivity index (χ1n) is 5.20. The monoisotopic (exact) mass is 221 g/mol. The molecular formula is C11H15N3O2. The third-order valence-corrected chi connectivity index (χ3v) is 2.78. The van der Waals surface area contributed by atoms with E-state index in [1.165, 1.54) is 26.1 Å². The summed E-state index contributed by atoms with van der Waals surface area (Å²) in [7, 11) is 3.31. The van der Waals surface area contributed by atoms with Gasteiger partial charge in [-0.25, -0.2) is 9.78 Å². The highest BCUT2D eigenvalue weighted by molar-refractivity contribution is 5.95. The fourth-order valence-corrected chi connectivity index (χ4v) is 1.58. The predicted molar refractivity (Wildman–Crippen MR) is 61.4 cm³/mol. The second-order valence-electron chi connectivity index (χ2n) is 3.96. The zero-order valence-electron chi connectivity index (χ0n) is 9.43. The molecule has 0 radical (unpaired) electrons. The van der Waals surface area contributed by atoms with Crippen molar-refractivity contribution in [2.24, 2.45) is 0 Å². The molecule has 5 heteroatoms. The first-order valence-corrected chi connectivity index (χ1v) is 5.20. The van der Waals surface area contributed by atoms with Crippen LogP contribution in [0.25, 0.3) is 0 Å². The molecule has 0 aliphatic heterocycles. The Morgan fingerprint density at radius 1 is 1.62 bits per heavy atom. The van der Waals surface area contributed by atoms with Crippen molar-refractivity contribution in [3.63, 3.8) is 0 Å². The maximum atomic E-state index is 11.4. The summed E-state index contributed by atoms with van der Waals surface area (Å²) in [5.41, 5.74) is 6.40. The second kappa shape index (κ2) is 4.00. The second-order valence-corrected chi connectivity index (χ2v) is 3.96. The summed E-state index contributed by atoms with van der Waals surface area (Å²) in [5, 5.41) is 0. The molecule has 1 aromatic rings. The number of aromatic nitrogens is 1. The van der Waals surface area contributed by atoms with Gasteiger partial charge < -0.3 is 15.4 Å². The van der Waals surface area contributed by atoms with Crippen LogP contribution in [-0.4, -0.2) is 31.2 Å². The van der Waals surface area contributed by atoms with Gasteiger partial charge >= 0.3 is 5.97 Å². The lowest BCUT2D eigenvalue weighted by molar-refractivity contribution is 0.0602. The molecule has 0 saturated heterocycles. The molecule has 1 heterocycles. The lowest BCUT2D eigenvalue weighted by Gasteiger charge is -2.18. The molecule has 2 N–H and O–H groups in total. The quantitative estimate of drug-likeness (QED) is 0.772. The molecule has 1 aromatic heterocycles. The standard InChI is InChI=1S/C11H15N3O2/c1-14(7-3-4-7)10-5-8(11(15)16-2)9(12)6-13-10/h5-7H,3-4,12H2,1-2H3. The van der Waals surface area contributed by atoms with Gasteiger partial charge in [0.2, 0.25) is 0 Å². The van der Waals surface area contributed by atoms with Crippen LogP contribution in [0.5, 0.6) is 0 Å². The minimum atomic E-state index is -0.426. The van der Waals surface area contributed by atoms with Gasteiger partial charge in [-0.1, -0.05) is 0 Å². The topological polar surface area (TPSA) is 68.5 Å². The number of hydrogen-bond acceptors (Lipinski definition) is 5. The van der Waals surface area contributed by atoms with Crippen molar-refractivity contribution in [2.45, 2.75) is 18.9 Å². The van der Waals surface area contributed by atoms with Crippen molar-refractivity contribution >= 4 is 17.5 Å². The number of methoxy groups -OCH3 is 1. The minimum Gasteiger partial charge on any atom is -0.465 e. The summed E-state index contributed by atoms with van der Waals surface area (Å²) in [5.74, 6) is 0.336. The lowest BCUT2D eigenvalue weighted by atomic mass is 10.2. The smallest absolute Gasteiger partial charge is 0.340 e. The van der Waals surface area contributed by atoms with Crippen LogP contribution in [0.15, 0.2) is 12.3 Å². The number of rotatable bonds is 3. The van der Waals surface area contributed by atoms with E-state index in [4.69, 9.17) is 5.73 Å². The Labute approximate surface area is 94.2 Å². The van der Waals surface area contributed by atoms with Gasteiger partial charge in [0.25, 0.3) is 0 Å². The van der Waals surface area contributed by atoms with Gasteiger partial charge in [-0.2, -0.15) is 0 Å². The predicted octanol–water partition coefficient (Wildman–Crippen LogP) is 1.05. The first kappa shape index (κ1) is 10.7. The molecule has 1 saturated carbocycles. The number of hydrogen-bond donors (Lipinski definition) is 1. The Morgan fingerprint density at radius 2 is 2.31 bits per heavy atom. The van der Waals surface area contributed by atoms with Crippen molar-refractivity contribution in [1.29, 1.82) is 0 Å². The Hall–Kier alpha value is -1.78. The van der Waals surface area contributed by atoms with Crippen molar-refractivity contribution in [3.8, 4) is 0 Å². The number of ether oxygens (including phenoxy) is 1. The summed E-state index contributed by atoms with van der Waals surface area (Å²) < 4.78 is 4.66. The fraction of sp³-hybridized carbons (Fsp3) is 0.455. The number of nitrogen functional groups attached to an aromatic ring is 1. The number of nitrogens with two attached hydrogens (primary N) is 1. The maximum absolute atomic E-state index is 11.4. The van der Waals surface area contributed by atoms with E-state index in [1.807, 2.05) is 7.05 Å². The molecule has 0 bridgehead atoms. The van der Waals surface area contributed by atoms with Crippen LogP contribution in [0.2, 0.25) is 0 Å². The maximum Gasteiger partial charge on any atom is 0.340 e. The number of carbonyl (C=O) groups excluding carboxylic acids is 1. The number of nitrogens with zero attached hydrogens (tertiary/aromatic N) is 2. The van der Waals surface area contributed by atoms with Gasteiger partial charge in [-0.05, 0) is 18.9 Å². The van der Waals surface area contributed by atoms with Crippen LogP contribution in [0.3, 0.4) is 0 Å². The summed E-state index contributed by atoms with van der Waals surface area (Å²) in [4.78, 5) is 17.7. The van der Waals surface area contributed by atoms with Crippen LogP contribution < -0.4 is 10.6 Å². The fourth-order valence-electron chi connectivity index (χ4n) is 1.58. The van der Waals surface area contributed by atoms with Gasteiger partial charge in [-0.15, -0.1) is 0 Å². The summed E-state index contributed by atoms with van der Waals surface area (Å²) >= 11 is 0. The molecular weight excluding hydrogens is 206 g/mol. The van der Waals surface area contributed by atoms with Gasteiger partial charge in [0, 0.05) is 13.1 Å². The zero-order chi connectivity index (χ0) is 11.7. The lowest BCUT2D eigenvalue weighted by Crippen LogP contribution is -2.21. The third-order valence-electron chi connectivity index (χ3n) is 2.78. The summed E-state index contributed by atoms with van der Waals surface area (Å²) in [6.45, 7) is 0. The highest BCUT2D eigenvalue weighted by atomic mass is 16.5. The average molecular weight is 221 g/mol. The van der Waals surface area contributed by atoms with E-state index in [0.29, 0.717) is 17.3 Å². The molecule has 0 unspecified atom stereocenters. The van der Waals surface area contributed by atoms with Crippen LogP contribution >= 0.6 is 0 Å². The van der Waals surface area contributed by atoms with Crippen molar-refractivity contribution in [2.75, 3.05) is 24.8 Å². The Morgan fingerprint density at radius 3 is 2.88 bits per heavy atom. The van der Waals surface area contributed by atoms with Crippen molar-refractivity contribution < 1.29 is 9.53 Å². The van der Waals surface area contributed by atoms with Crippen molar-refractivity contribution in [3.05, 3.63) is 17.8 Å². The van der Waals surface area contributed by atoms with E-state index < -0.39 is 5.97 Å². The van der Waals surface area contributed by atoms with E-state index in [-0.39, 0.29) is 0 Å². The molecule has 86 valence electrons. The SMILES string of the molecule is COC(=O)c1cc(N(C)C2CC2)ncc1N. The Kier molecular flexibility index (Phi) is 2.68. The molecule has 0 amide bonds. The van der Waals surface area contributed by atoms with Gasteiger partial charge in [0.1, 0.15) is 5.82 Å². The van der Waals surface area contributed by atoms with E-state index in [1.54, 1.807) is 6.07 Å². The number of pyridine rings is 1. The molecule has 0 atom stereocenters. The van der Waals surface area contributed by atoms with Gasteiger partial charge in [0.15, 0.2) is 0 Å². The van der Waals surface area contributed by atoms with Crippen LogP contribution in [-0.2, 0) is 4.74 Å². The molecule has 0 aromatic carbocycles. The first-order chi connectivity index (χ1) is 7.63. The van der Waals surface area contributed by atoms with E-state index in [9.17, 15) is 4.79 Å². The third kappa shape index (κ3) is 1.93. The molecule has 1 aliphatic rings. The normalized spacial score (nSPS) is 14.6. The number of esters is 1. The van der Waals surface area contributed by atoms with Crippen molar-refractivity contribution in [1.82, 2.24) is 4.98 Å². The van der Waals surface area contributed by atoms with Gasteiger partial charge in [-0.3, -0.25) is 0 Å². The Balaban J connectivity index is 2.30. The highest BCUT2D eigenvalue weighted by Crippen LogP contribution is 2.30. The molecule has 16 heavy (non-hydrogen) atoms. The van der Waals surface area contributed by atoms with Crippen LogP contribution in [0.1, 0.15) is 23.2 Å². The molecule has 2 rings (SSSR count). The molecule has 0 spiro atoms. The van der Waals surface area contributed by atoms with Crippen LogP contribution in [0, 0.1) is 0 Å². The van der Waals surface area contributed by atoms with E-state index in [2.05, 4.69) is 14.6 Å². The molecule has 1 aliphatic carbocycles. The number of anilines is 2.